The Kier molecular flexibility index (Phi) is 3.17. The Morgan fingerprint density at radius 3 is 2.91 bits per heavy atom. The lowest BCUT2D eigenvalue weighted by Gasteiger charge is -2.20. The van der Waals surface area contributed by atoms with Gasteiger partial charge in [0.25, 0.3) is 0 Å². The van der Waals surface area contributed by atoms with Crippen LogP contribution in [0.3, 0.4) is 0 Å². The molecule has 9 nitrogen and oxygen atoms in total. The molecule has 0 aliphatic carbocycles. The van der Waals surface area contributed by atoms with Crippen LogP contribution in [0.2, 0.25) is 0 Å². The first kappa shape index (κ1) is 14.5. The van der Waals surface area contributed by atoms with E-state index in [9.17, 15) is 19.0 Å². The molecule has 0 radical (unpaired) electrons. The van der Waals surface area contributed by atoms with E-state index in [-0.39, 0.29) is 17.2 Å². The molecule has 1 aliphatic heterocycles. The molecule has 3 rings (SSSR count). The Hall–Kier alpha value is -2.42. The normalized spacial score (nSPS) is 31.5. The summed E-state index contributed by atoms with van der Waals surface area (Å²) >= 11 is 0. The summed E-state index contributed by atoms with van der Waals surface area (Å²) in [5, 5.41) is 31.5. The lowest BCUT2D eigenvalue weighted by Crippen LogP contribution is -2.44. The second-order valence-electron chi connectivity index (χ2n) is 4.77. The smallest absolute Gasteiger partial charge is 0.328 e. The number of alkyl halides is 1. The minimum Gasteiger partial charge on any atom is -0.392 e. The second kappa shape index (κ2) is 4.80. The summed E-state index contributed by atoms with van der Waals surface area (Å²) < 4.78 is 33.6. The van der Waals surface area contributed by atoms with E-state index >= 15 is 0 Å². The Morgan fingerprint density at radius 1 is 1.59 bits per heavy atom. The summed E-state index contributed by atoms with van der Waals surface area (Å²) in [7, 11) is 0. The van der Waals surface area contributed by atoms with Crippen molar-refractivity contribution in [2.75, 3.05) is 12.3 Å². The molecule has 4 atom stereocenters. The third kappa shape index (κ3) is 1.82. The molecule has 22 heavy (non-hydrogen) atoms. The van der Waals surface area contributed by atoms with Gasteiger partial charge in [0.05, 0.1) is 18.5 Å². The van der Waals surface area contributed by atoms with Crippen LogP contribution in [0.25, 0.3) is 5.65 Å². The van der Waals surface area contributed by atoms with Crippen molar-refractivity contribution in [3.63, 3.8) is 0 Å². The maximum atomic E-state index is 14.3. The molecule has 0 saturated carbocycles. The zero-order valence-electron chi connectivity index (χ0n) is 10.9. The zero-order valence-corrected chi connectivity index (χ0v) is 10.9. The molecule has 0 aromatic carbocycles. The van der Waals surface area contributed by atoms with Crippen molar-refractivity contribution < 1.29 is 23.7 Å². The van der Waals surface area contributed by atoms with Gasteiger partial charge in [-0.15, -0.1) is 5.10 Å². The third-order valence-corrected chi connectivity index (χ3v) is 3.51. The van der Waals surface area contributed by atoms with Crippen LogP contribution in [0.15, 0.2) is 6.20 Å². The molecule has 3 heterocycles. The number of nitrogens with two attached hydrogens (primary N) is 1. The van der Waals surface area contributed by atoms with Gasteiger partial charge in [-0.3, -0.25) is 0 Å². The number of hydrogen-bond donors (Lipinski definition) is 3. The van der Waals surface area contributed by atoms with E-state index in [0.717, 1.165) is 10.7 Å². The molecule has 4 unspecified atom stereocenters. The monoisotopic (exact) mass is 312 g/mol. The first-order chi connectivity index (χ1) is 10.4. The number of imidazole rings is 1. The van der Waals surface area contributed by atoms with Crippen molar-refractivity contribution in [3.8, 4) is 6.07 Å². The maximum Gasteiger partial charge on any atom is 0.328 e. The van der Waals surface area contributed by atoms with E-state index in [4.69, 9.17) is 15.7 Å². The number of nitrogen functional groups attached to an aromatic ring is 1. The van der Waals surface area contributed by atoms with Crippen LogP contribution >= 0.6 is 0 Å². The van der Waals surface area contributed by atoms with Gasteiger partial charge in [0, 0.05) is 0 Å². The highest BCUT2D eigenvalue weighted by Gasteiger charge is 2.57. The van der Waals surface area contributed by atoms with E-state index in [0.29, 0.717) is 0 Å². The number of nitriles is 1. The Bertz CT molecular complexity index is 777. The number of aromatic nitrogens is 4. The van der Waals surface area contributed by atoms with Gasteiger partial charge >= 0.3 is 6.08 Å². The average Bonchev–Trinajstić information content (AvgIpc) is 3.01. The second-order valence-corrected chi connectivity index (χ2v) is 4.77. The van der Waals surface area contributed by atoms with Gasteiger partial charge in [-0.2, -0.15) is 14.6 Å². The Morgan fingerprint density at radius 2 is 2.32 bits per heavy atom. The molecule has 4 N–H and O–H groups in total. The average molecular weight is 312 g/mol. The van der Waals surface area contributed by atoms with Crippen LogP contribution in [0, 0.1) is 17.4 Å². The van der Waals surface area contributed by atoms with Crippen molar-refractivity contribution in [1.82, 2.24) is 19.6 Å². The summed E-state index contributed by atoms with van der Waals surface area (Å²) in [6.07, 6.45) is -5.46. The molecule has 11 heteroatoms. The maximum absolute atomic E-state index is 14.3. The molecule has 1 fully saturated rings. The number of ether oxygens (including phenoxy) is 1. The third-order valence-electron chi connectivity index (χ3n) is 3.51. The minimum absolute atomic E-state index is 0.0276. The summed E-state index contributed by atoms with van der Waals surface area (Å²) in [6.45, 7) is -0.913. The zero-order chi connectivity index (χ0) is 16.1. The Balaban J connectivity index is 2.11. The molecule has 116 valence electrons. The minimum atomic E-state index is -2.12. The molecule has 0 spiro atoms. The fourth-order valence-electron chi connectivity index (χ4n) is 2.35. The molecule has 2 aromatic rings. The van der Waals surface area contributed by atoms with E-state index in [2.05, 4.69) is 15.1 Å². The summed E-state index contributed by atoms with van der Waals surface area (Å²) in [4.78, 5) is 7.11. The molecule has 1 aliphatic rings. The van der Waals surface area contributed by atoms with Crippen LogP contribution in [0.1, 0.15) is 11.8 Å². The van der Waals surface area contributed by atoms with Crippen LogP contribution < -0.4 is 5.73 Å². The molecule has 0 amide bonds. The van der Waals surface area contributed by atoms with Crippen molar-refractivity contribution in [2.45, 2.75) is 24.0 Å². The predicted octanol–water partition coefficient (Wildman–Crippen LogP) is -1.13. The number of anilines is 1. The number of hydrogen-bond acceptors (Lipinski definition) is 8. The van der Waals surface area contributed by atoms with Crippen molar-refractivity contribution in [3.05, 3.63) is 18.0 Å². The van der Waals surface area contributed by atoms with Gasteiger partial charge in [-0.1, -0.05) is 0 Å². The highest BCUT2D eigenvalue weighted by Crippen LogP contribution is 2.41. The highest BCUT2D eigenvalue weighted by molar-refractivity contribution is 5.59. The number of halogens is 2. The lowest BCUT2D eigenvalue weighted by molar-refractivity contribution is -0.0746. The van der Waals surface area contributed by atoms with E-state index in [1.54, 1.807) is 6.07 Å². The van der Waals surface area contributed by atoms with Gasteiger partial charge in [0.1, 0.15) is 18.3 Å². The molecular weight excluding hydrogens is 302 g/mol. The van der Waals surface area contributed by atoms with Gasteiger partial charge in [0.2, 0.25) is 5.60 Å². The lowest BCUT2D eigenvalue weighted by atomic mass is 9.97. The first-order valence-electron chi connectivity index (χ1n) is 6.12. The summed E-state index contributed by atoms with van der Waals surface area (Å²) in [5.74, 6) is -0.263. The number of fused-ring (bicyclic) bond motifs is 1. The van der Waals surface area contributed by atoms with Gasteiger partial charge in [-0.05, 0) is 0 Å². The SMILES string of the molecule is N#CC1(CO)OC(c2cnc3c(N)nc(F)nn23)C(F)C1O. The van der Waals surface area contributed by atoms with Gasteiger partial charge in [-0.25, -0.2) is 13.9 Å². The molecule has 0 bridgehead atoms. The number of rotatable bonds is 2. The fourth-order valence-corrected chi connectivity index (χ4v) is 2.35. The standard InChI is InChI=1S/C11H10F2N6O3/c12-5-6(22-11(2-14,3-20)7(5)21)4-1-16-9-8(15)17-10(13)18-19(4)9/h1,5-7,20-21H,3H2,(H2,15,17,18). The quantitative estimate of drug-likeness (QED) is 0.632. The van der Waals surface area contributed by atoms with Crippen LogP contribution in [0.4, 0.5) is 14.6 Å². The van der Waals surface area contributed by atoms with Crippen molar-refractivity contribution in [2.24, 2.45) is 0 Å². The van der Waals surface area contributed by atoms with E-state index in [1.165, 1.54) is 0 Å². The van der Waals surface area contributed by atoms with Gasteiger partial charge < -0.3 is 20.7 Å². The van der Waals surface area contributed by atoms with Gasteiger partial charge in [0.15, 0.2) is 17.6 Å². The topological polar surface area (TPSA) is 143 Å². The molecule has 1 saturated heterocycles. The van der Waals surface area contributed by atoms with Crippen LogP contribution in [0.5, 0.6) is 0 Å². The number of aliphatic hydroxyl groups is 2. The largest absolute Gasteiger partial charge is 0.392 e. The summed E-state index contributed by atoms with van der Waals surface area (Å²) in [6, 6.07) is 1.55. The van der Waals surface area contributed by atoms with Crippen molar-refractivity contribution >= 4 is 11.5 Å². The first-order valence-corrected chi connectivity index (χ1v) is 6.12. The van der Waals surface area contributed by atoms with Crippen LogP contribution in [-0.2, 0) is 4.74 Å². The molecular formula is C11H10F2N6O3. The Labute approximate surface area is 121 Å². The van der Waals surface area contributed by atoms with Crippen molar-refractivity contribution in [1.29, 1.82) is 5.26 Å². The predicted molar refractivity (Wildman–Crippen MR) is 65.3 cm³/mol. The van der Waals surface area contributed by atoms with E-state index < -0.39 is 36.7 Å². The fraction of sp³-hybridized carbons (Fsp3) is 0.455. The molecule has 2 aromatic heterocycles. The highest BCUT2D eigenvalue weighted by atomic mass is 19.1. The number of aliphatic hydroxyl groups excluding tert-OH is 2. The number of nitrogens with zero attached hydrogens (tertiary/aromatic N) is 5. The van der Waals surface area contributed by atoms with Crippen LogP contribution in [-0.4, -0.2) is 54.3 Å². The summed E-state index contributed by atoms with van der Waals surface area (Å²) in [5.41, 5.74) is 3.27. The van der Waals surface area contributed by atoms with E-state index in [1.807, 2.05) is 0 Å².